The van der Waals surface area contributed by atoms with E-state index in [1.165, 1.54) is 5.56 Å². The van der Waals surface area contributed by atoms with Crippen molar-refractivity contribution in [1.29, 1.82) is 0 Å². The summed E-state index contributed by atoms with van der Waals surface area (Å²) in [5.74, 6) is 0.970. The van der Waals surface area contributed by atoms with Crippen molar-refractivity contribution in [2.75, 3.05) is 26.7 Å². The van der Waals surface area contributed by atoms with Crippen molar-refractivity contribution in [2.24, 2.45) is 0 Å². The Morgan fingerprint density at radius 1 is 1.30 bits per heavy atom. The third-order valence-electron chi connectivity index (χ3n) is 4.35. The first-order valence-electron chi connectivity index (χ1n) is 7.82. The molecule has 23 heavy (non-hydrogen) atoms. The molecule has 0 N–H and O–H groups in total. The Morgan fingerprint density at radius 2 is 2.13 bits per heavy atom. The van der Waals surface area contributed by atoms with Gasteiger partial charge in [0, 0.05) is 38.7 Å². The molecule has 2 aromatic rings. The minimum Gasteiger partial charge on any atom is -0.496 e. The maximum Gasteiger partial charge on any atom is 0.220 e. The zero-order chi connectivity index (χ0) is 16.2. The molecule has 4 nitrogen and oxygen atoms in total. The maximum atomic E-state index is 12.1. The number of thiophene rings is 1. The standard InChI is InChI=1S/C18H22N2O2S/c1-14(21)20-9-8-19(11-15-7-10-23-13-15)12-17(20)16-5-3-4-6-18(16)22-2/h3-7,10,13,17H,8-9,11-12H2,1-2H3. The smallest absolute Gasteiger partial charge is 0.220 e. The zero-order valence-electron chi connectivity index (χ0n) is 13.6. The van der Waals surface area contributed by atoms with Crippen LogP contribution in [0.5, 0.6) is 5.75 Å². The summed E-state index contributed by atoms with van der Waals surface area (Å²) in [6, 6.07) is 10.2. The lowest BCUT2D eigenvalue weighted by Gasteiger charge is -2.41. The van der Waals surface area contributed by atoms with Gasteiger partial charge in [0.2, 0.25) is 5.91 Å². The highest BCUT2D eigenvalue weighted by atomic mass is 32.1. The number of methoxy groups -OCH3 is 1. The Balaban J connectivity index is 1.84. The molecule has 0 radical (unpaired) electrons. The Morgan fingerprint density at radius 3 is 2.83 bits per heavy atom. The minimum atomic E-state index is 0.0380. The highest BCUT2D eigenvalue weighted by Crippen LogP contribution is 2.32. The molecule has 1 aromatic heterocycles. The molecule has 0 bridgehead atoms. The van der Waals surface area contributed by atoms with E-state index in [9.17, 15) is 4.79 Å². The number of amides is 1. The highest BCUT2D eigenvalue weighted by Gasteiger charge is 2.31. The second kappa shape index (κ2) is 7.15. The van der Waals surface area contributed by atoms with Gasteiger partial charge >= 0.3 is 0 Å². The molecule has 1 unspecified atom stereocenters. The van der Waals surface area contributed by atoms with E-state index in [0.717, 1.165) is 37.5 Å². The molecule has 2 heterocycles. The summed E-state index contributed by atoms with van der Waals surface area (Å²) in [6.07, 6.45) is 0. The van der Waals surface area contributed by atoms with Gasteiger partial charge in [-0.05, 0) is 28.5 Å². The van der Waals surface area contributed by atoms with Gasteiger partial charge in [-0.25, -0.2) is 0 Å². The fourth-order valence-corrected chi connectivity index (χ4v) is 3.87. The van der Waals surface area contributed by atoms with Crippen molar-refractivity contribution < 1.29 is 9.53 Å². The van der Waals surface area contributed by atoms with E-state index in [1.54, 1.807) is 25.4 Å². The molecule has 1 saturated heterocycles. The Kier molecular flexibility index (Phi) is 4.98. The van der Waals surface area contributed by atoms with Gasteiger partial charge in [-0.1, -0.05) is 18.2 Å². The quantitative estimate of drug-likeness (QED) is 0.863. The minimum absolute atomic E-state index is 0.0380. The van der Waals surface area contributed by atoms with Crippen LogP contribution in [-0.4, -0.2) is 42.5 Å². The number of hydrogen-bond acceptors (Lipinski definition) is 4. The van der Waals surface area contributed by atoms with Gasteiger partial charge in [0.15, 0.2) is 0 Å². The molecular weight excluding hydrogens is 308 g/mol. The van der Waals surface area contributed by atoms with Crippen LogP contribution in [0.25, 0.3) is 0 Å². The highest BCUT2D eigenvalue weighted by molar-refractivity contribution is 7.07. The SMILES string of the molecule is COc1ccccc1C1CN(Cc2ccsc2)CCN1C(C)=O. The lowest BCUT2D eigenvalue weighted by atomic mass is 10.0. The Labute approximate surface area is 141 Å². The van der Waals surface area contributed by atoms with E-state index in [4.69, 9.17) is 4.74 Å². The lowest BCUT2D eigenvalue weighted by molar-refractivity contribution is -0.134. The van der Waals surface area contributed by atoms with Gasteiger partial charge in [-0.2, -0.15) is 11.3 Å². The number of nitrogens with zero attached hydrogens (tertiary/aromatic N) is 2. The summed E-state index contributed by atoms with van der Waals surface area (Å²) >= 11 is 1.73. The van der Waals surface area contributed by atoms with E-state index >= 15 is 0 Å². The molecule has 1 aromatic carbocycles. The van der Waals surface area contributed by atoms with E-state index in [-0.39, 0.29) is 11.9 Å². The Hall–Kier alpha value is -1.85. The second-order valence-corrected chi connectivity index (χ2v) is 6.62. The van der Waals surface area contributed by atoms with E-state index in [0.29, 0.717) is 0 Å². The normalized spacial score (nSPS) is 18.9. The van der Waals surface area contributed by atoms with Gasteiger partial charge in [0.05, 0.1) is 13.2 Å². The van der Waals surface area contributed by atoms with E-state index < -0.39 is 0 Å². The van der Waals surface area contributed by atoms with Crippen molar-refractivity contribution >= 4 is 17.2 Å². The summed E-state index contributed by atoms with van der Waals surface area (Å²) in [5.41, 5.74) is 2.42. The molecule has 122 valence electrons. The van der Waals surface area contributed by atoms with Crippen molar-refractivity contribution in [3.63, 3.8) is 0 Å². The van der Waals surface area contributed by atoms with Crippen molar-refractivity contribution in [3.8, 4) is 5.75 Å². The summed E-state index contributed by atoms with van der Waals surface area (Å²) in [6.45, 7) is 5.07. The maximum absolute atomic E-state index is 12.1. The van der Waals surface area contributed by atoms with Crippen LogP contribution in [0.3, 0.4) is 0 Å². The molecule has 1 atom stereocenters. The molecule has 5 heteroatoms. The van der Waals surface area contributed by atoms with E-state index in [1.807, 2.05) is 23.1 Å². The van der Waals surface area contributed by atoms with Crippen molar-refractivity contribution in [1.82, 2.24) is 9.80 Å². The molecule has 0 spiro atoms. The van der Waals surface area contributed by atoms with Crippen LogP contribution in [-0.2, 0) is 11.3 Å². The van der Waals surface area contributed by atoms with Crippen LogP contribution in [0.4, 0.5) is 0 Å². The number of rotatable bonds is 4. The summed E-state index contributed by atoms with van der Waals surface area (Å²) in [4.78, 5) is 16.4. The fraction of sp³-hybridized carbons (Fsp3) is 0.389. The molecule has 0 aliphatic carbocycles. The number of carbonyl (C=O) groups excluding carboxylic acids is 1. The second-order valence-electron chi connectivity index (χ2n) is 5.84. The predicted octanol–water partition coefficient (Wildman–Crippen LogP) is 3.16. The first-order valence-corrected chi connectivity index (χ1v) is 8.77. The van der Waals surface area contributed by atoms with Crippen LogP contribution in [0, 0.1) is 0 Å². The monoisotopic (exact) mass is 330 g/mol. The summed E-state index contributed by atoms with van der Waals surface area (Å²) in [7, 11) is 1.68. The third-order valence-corrected chi connectivity index (χ3v) is 5.09. The number of ether oxygens (including phenoxy) is 1. The summed E-state index contributed by atoms with van der Waals surface area (Å²) < 4.78 is 5.51. The van der Waals surface area contributed by atoms with Gasteiger partial charge < -0.3 is 9.64 Å². The third kappa shape index (κ3) is 3.57. The molecule has 1 amide bonds. The van der Waals surface area contributed by atoms with Gasteiger partial charge in [0.1, 0.15) is 5.75 Å². The topological polar surface area (TPSA) is 32.8 Å². The van der Waals surface area contributed by atoms with Crippen LogP contribution >= 0.6 is 11.3 Å². The number of piperazine rings is 1. The van der Waals surface area contributed by atoms with Crippen molar-refractivity contribution in [3.05, 3.63) is 52.2 Å². The fourth-order valence-electron chi connectivity index (χ4n) is 3.21. The summed E-state index contributed by atoms with van der Waals surface area (Å²) in [5, 5.41) is 4.30. The number of hydrogen-bond donors (Lipinski definition) is 0. The molecule has 1 fully saturated rings. The Bertz CT molecular complexity index is 657. The van der Waals surface area contributed by atoms with Gasteiger partial charge in [-0.3, -0.25) is 9.69 Å². The average Bonchev–Trinajstić information content (AvgIpc) is 3.07. The van der Waals surface area contributed by atoms with Gasteiger partial charge in [0.25, 0.3) is 0 Å². The molecule has 1 aliphatic rings. The molecule has 3 rings (SSSR count). The van der Waals surface area contributed by atoms with Crippen LogP contribution in [0.1, 0.15) is 24.1 Å². The van der Waals surface area contributed by atoms with Crippen LogP contribution in [0.15, 0.2) is 41.1 Å². The van der Waals surface area contributed by atoms with Crippen LogP contribution in [0.2, 0.25) is 0 Å². The molecular formula is C18H22N2O2S. The first kappa shape index (κ1) is 16.0. The van der Waals surface area contributed by atoms with E-state index in [2.05, 4.69) is 27.8 Å². The first-order chi connectivity index (χ1) is 11.2. The number of carbonyl (C=O) groups is 1. The number of benzene rings is 1. The largest absolute Gasteiger partial charge is 0.496 e. The van der Waals surface area contributed by atoms with Crippen LogP contribution < -0.4 is 4.74 Å². The zero-order valence-corrected chi connectivity index (χ0v) is 14.4. The predicted molar refractivity (Wildman–Crippen MR) is 92.7 cm³/mol. The van der Waals surface area contributed by atoms with Gasteiger partial charge in [-0.15, -0.1) is 0 Å². The number of para-hydroxylation sites is 1. The lowest BCUT2D eigenvalue weighted by Crippen LogP contribution is -2.49. The van der Waals surface area contributed by atoms with Crippen molar-refractivity contribution in [2.45, 2.75) is 19.5 Å². The molecule has 0 saturated carbocycles. The average molecular weight is 330 g/mol. The molecule has 1 aliphatic heterocycles.